The molecule has 0 spiro atoms. The largest absolute Gasteiger partial charge is 0.492 e. The molecule has 0 saturated heterocycles. The Morgan fingerprint density at radius 1 is 1.38 bits per heavy atom. The van der Waals surface area contributed by atoms with Crippen molar-refractivity contribution < 1.29 is 9.53 Å². The average Bonchev–Trinajstić information content (AvgIpc) is 2.47. The lowest BCUT2D eigenvalue weighted by molar-refractivity contribution is -0.120. The number of nitrogens with one attached hydrogen (secondary N) is 1. The smallest absolute Gasteiger partial charge is 0.227 e. The molecule has 1 fully saturated rings. The number of benzene rings is 1. The molecular weight excluding hydrogens is 288 g/mol. The van der Waals surface area contributed by atoms with Crippen LogP contribution in [0.3, 0.4) is 0 Å². The maximum Gasteiger partial charge on any atom is 0.227 e. The summed E-state index contributed by atoms with van der Waals surface area (Å²) in [6, 6.07) is 5.60. The Hall–Kier alpha value is -1.26. The third kappa shape index (κ3) is 4.61. The molecule has 116 valence electrons. The molecule has 0 unspecified atom stereocenters. The molecule has 0 aliphatic heterocycles. The van der Waals surface area contributed by atoms with Crippen molar-refractivity contribution in [3.8, 4) is 5.75 Å². The van der Waals surface area contributed by atoms with Crippen LogP contribution in [-0.4, -0.2) is 18.6 Å². The summed E-state index contributed by atoms with van der Waals surface area (Å²) in [6.45, 7) is 2.67. The van der Waals surface area contributed by atoms with E-state index in [2.05, 4.69) is 5.32 Å². The predicted octanol–water partition coefficient (Wildman–Crippen LogP) is 3.58. The van der Waals surface area contributed by atoms with E-state index in [4.69, 9.17) is 22.1 Å². The van der Waals surface area contributed by atoms with Crippen LogP contribution >= 0.6 is 11.6 Å². The third-order valence-corrected chi connectivity index (χ3v) is 4.10. The van der Waals surface area contributed by atoms with Crippen LogP contribution in [0.25, 0.3) is 0 Å². The molecule has 1 aliphatic rings. The van der Waals surface area contributed by atoms with E-state index in [9.17, 15) is 4.79 Å². The van der Waals surface area contributed by atoms with E-state index < -0.39 is 0 Å². The molecule has 1 aliphatic carbocycles. The second kappa shape index (κ2) is 7.66. The highest BCUT2D eigenvalue weighted by molar-refractivity contribution is 6.32. The fourth-order valence-electron chi connectivity index (χ4n) is 2.53. The normalized spacial score (nSPS) is 21.9. The van der Waals surface area contributed by atoms with E-state index >= 15 is 0 Å². The van der Waals surface area contributed by atoms with Gasteiger partial charge >= 0.3 is 0 Å². The van der Waals surface area contributed by atoms with Crippen molar-refractivity contribution in [2.75, 3.05) is 11.9 Å². The highest BCUT2D eigenvalue weighted by atomic mass is 35.5. The molecule has 4 nitrogen and oxygen atoms in total. The number of hydrogen-bond acceptors (Lipinski definition) is 3. The maximum absolute atomic E-state index is 12.2. The molecule has 1 aromatic rings. The van der Waals surface area contributed by atoms with E-state index in [0.717, 1.165) is 32.1 Å². The first-order chi connectivity index (χ1) is 10.1. The molecule has 3 N–H and O–H groups in total. The molecule has 0 aromatic heterocycles. The molecule has 0 atom stereocenters. The zero-order valence-corrected chi connectivity index (χ0v) is 13.2. The number of carbonyl (C=O) groups is 1. The molecule has 0 heterocycles. The zero-order chi connectivity index (χ0) is 15.2. The number of amides is 1. The van der Waals surface area contributed by atoms with Crippen molar-refractivity contribution >= 4 is 23.2 Å². The van der Waals surface area contributed by atoms with Crippen molar-refractivity contribution in [2.24, 2.45) is 11.7 Å². The van der Waals surface area contributed by atoms with Crippen molar-refractivity contribution in [1.29, 1.82) is 0 Å². The second-order valence-corrected chi connectivity index (χ2v) is 6.00. The van der Waals surface area contributed by atoms with E-state index in [-0.39, 0.29) is 17.9 Å². The summed E-state index contributed by atoms with van der Waals surface area (Å²) in [7, 11) is 0. The molecule has 1 amide bonds. The topological polar surface area (TPSA) is 64.3 Å². The number of ether oxygens (including phenoxy) is 1. The van der Waals surface area contributed by atoms with Crippen LogP contribution in [0.15, 0.2) is 18.2 Å². The Bertz CT molecular complexity index is 485. The van der Waals surface area contributed by atoms with Gasteiger partial charge in [0.2, 0.25) is 5.91 Å². The number of hydrogen-bond donors (Lipinski definition) is 2. The van der Waals surface area contributed by atoms with Gasteiger partial charge in [0.05, 0.1) is 11.6 Å². The molecule has 0 radical (unpaired) electrons. The molecule has 5 heteroatoms. The quantitative estimate of drug-likeness (QED) is 0.873. The first-order valence-corrected chi connectivity index (χ1v) is 7.96. The van der Waals surface area contributed by atoms with Gasteiger partial charge in [0.15, 0.2) is 0 Å². The van der Waals surface area contributed by atoms with E-state index in [1.54, 1.807) is 12.1 Å². The molecule has 1 saturated carbocycles. The highest BCUT2D eigenvalue weighted by Crippen LogP contribution is 2.29. The van der Waals surface area contributed by atoms with Crippen molar-refractivity contribution in [2.45, 2.75) is 45.1 Å². The van der Waals surface area contributed by atoms with Gasteiger partial charge in [-0.15, -0.1) is 0 Å². The number of rotatable bonds is 5. The Morgan fingerprint density at radius 3 is 2.71 bits per heavy atom. The summed E-state index contributed by atoms with van der Waals surface area (Å²) in [5, 5.41) is 3.45. The molecule has 21 heavy (non-hydrogen) atoms. The lowest BCUT2D eigenvalue weighted by Crippen LogP contribution is -2.32. The van der Waals surface area contributed by atoms with Gasteiger partial charge in [-0.3, -0.25) is 4.79 Å². The fourth-order valence-corrected chi connectivity index (χ4v) is 2.77. The van der Waals surface area contributed by atoms with Gasteiger partial charge < -0.3 is 15.8 Å². The minimum absolute atomic E-state index is 0.0552. The summed E-state index contributed by atoms with van der Waals surface area (Å²) in [4.78, 5) is 12.2. The van der Waals surface area contributed by atoms with Gasteiger partial charge in [-0.25, -0.2) is 0 Å². The summed E-state index contributed by atoms with van der Waals surface area (Å²) < 4.78 is 5.52. The van der Waals surface area contributed by atoms with Crippen LogP contribution in [0, 0.1) is 5.92 Å². The summed E-state index contributed by atoms with van der Waals surface area (Å²) in [5.74, 6) is 0.764. The lowest BCUT2D eigenvalue weighted by Gasteiger charge is -2.25. The fraction of sp³-hybridized carbons (Fsp3) is 0.562. The van der Waals surface area contributed by atoms with Gasteiger partial charge in [-0.05, 0) is 50.3 Å². The number of anilines is 1. The Morgan fingerprint density at radius 2 is 2.10 bits per heavy atom. The first kappa shape index (κ1) is 16.1. The third-order valence-electron chi connectivity index (χ3n) is 3.80. The minimum atomic E-state index is 0.0552. The van der Waals surface area contributed by atoms with Crippen LogP contribution < -0.4 is 15.8 Å². The number of nitrogens with two attached hydrogens (primary N) is 1. The summed E-state index contributed by atoms with van der Waals surface area (Å²) in [5.41, 5.74) is 6.57. The summed E-state index contributed by atoms with van der Waals surface area (Å²) >= 11 is 6.16. The highest BCUT2D eigenvalue weighted by Gasteiger charge is 2.24. The molecular formula is C16H23ClN2O2. The lowest BCUT2D eigenvalue weighted by atomic mass is 9.86. The molecule has 0 bridgehead atoms. The minimum Gasteiger partial charge on any atom is -0.492 e. The molecule has 2 rings (SSSR count). The van der Waals surface area contributed by atoms with E-state index in [0.29, 0.717) is 23.1 Å². The van der Waals surface area contributed by atoms with Crippen LogP contribution in [-0.2, 0) is 4.79 Å². The number of halogens is 1. The van der Waals surface area contributed by atoms with Crippen LogP contribution in [0.2, 0.25) is 5.02 Å². The van der Waals surface area contributed by atoms with Gasteiger partial charge in [-0.2, -0.15) is 0 Å². The van der Waals surface area contributed by atoms with Gasteiger partial charge in [0.1, 0.15) is 5.75 Å². The Kier molecular flexibility index (Phi) is 5.88. The zero-order valence-electron chi connectivity index (χ0n) is 12.4. The number of carbonyl (C=O) groups excluding carboxylic acids is 1. The van der Waals surface area contributed by atoms with Crippen molar-refractivity contribution in [3.05, 3.63) is 23.2 Å². The van der Waals surface area contributed by atoms with Gasteiger partial charge in [0.25, 0.3) is 0 Å². The van der Waals surface area contributed by atoms with Crippen LogP contribution in [0.1, 0.15) is 39.0 Å². The van der Waals surface area contributed by atoms with E-state index in [1.165, 1.54) is 0 Å². The predicted molar refractivity (Wildman–Crippen MR) is 85.8 cm³/mol. The summed E-state index contributed by atoms with van der Waals surface area (Å²) in [6.07, 6.45) is 4.49. The monoisotopic (exact) mass is 310 g/mol. The van der Waals surface area contributed by atoms with E-state index in [1.807, 2.05) is 13.0 Å². The first-order valence-electron chi connectivity index (χ1n) is 7.59. The Balaban J connectivity index is 1.93. The SMILES string of the molecule is CCCOc1ccc(NC(=O)C2CCC(N)CC2)cc1Cl. The van der Waals surface area contributed by atoms with Crippen molar-refractivity contribution in [3.63, 3.8) is 0 Å². The maximum atomic E-state index is 12.2. The Labute approximate surface area is 131 Å². The molecule has 1 aromatic carbocycles. The van der Waals surface area contributed by atoms with Gasteiger partial charge in [-0.1, -0.05) is 18.5 Å². The van der Waals surface area contributed by atoms with Gasteiger partial charge in [0, 0.05) is 17.6 Å². The van der Waals surface area contributed by atoms with Crippen molar-refractivity contribution in [1.82, 2.24) is 0 Å². The van der Waals surface area contributed by atoms with Crippen LogP contribution in [0.4, 0.5) is 5.69 Å². The standard InChI is InChI=1S/C16H23ClN2O2/c1-2-9-21-15-8-7-13(10-14(15)17)19-16(20)11-3-5-12(18)6-4-11/h7-8,10-12H,2-6,9,18H2,1H3,(H,19,20). The average molecular weight is 311 g/mol. The second-order valence-electron chi connectivity index (χ2n) is 5.59. The van der Waals surface area contributed by atoms with Crippen LogP contribution in [0.5, 0.6) is 5.75 Å².